The average molecular weight is 578 g/mol. The quantitative estimate of drug-likeness (QED) is 0.328. The summed E-state index contributed by atoms with van der Waals surface area (Å²) in [5.74, 6) is -0.734. The van der Waals surface area contributed by atoms with E-state index in [1.807, 2.05) is 91.8 Å². The zero-order valence-electron chi connectivity index (χ0n) is 25.5. The Kier molecular flexibility index (Phi) is 10.0. The second-order valence-electron chi connectivity index (χ2n) is 11.7. The number of anilines is 1. The summed E-state index contributed by atoms with van der Waals surface area (Å²) in [5.41, 5.74) is 4.33. The van der Waals surface area contributed by atoms with Gasteiger partial charge in [-0.05, 0) is 95.3 Å². The fourth-order valence-electron chi connectivity index (χ4n) is 4.68. The predicted molar refractivity (Wildman–Crippen MR) is 165 cm³/mol. The molecule has 0 spiro atoms. The van der Waals surface area contributed by atoms with Crippen LogP contribution in [-0.2, 0) is 26.2 Å². The normalized spacial score (nSPS) is 12.5. The highest BCUT2D eigenvalue weighted by molar-refractivity contribution is 7.92. The lowest BCUT2D eigenvalue weighted by Gasteiger charge is -2.35. The van der Waals surface area contributed by atoms with Gasteiger partial charge in [-0.25, -0.2) is 8.42 Å². The van der Waals surface area contributed by atoms with Crippen LogP contribution in [0.15, 0.2) is 71.6 Å². The van der Waals surface area contributed by atoms with Gasteiger partial charge in [0.1, 0.15) is 12.6 Å². The van der Waals surface area contributed by atoms with Crippen LogP contribution in [0, 0.1) is 27.7 Å². The van der Waals surface area contributed by atoms with Gasteiger partial charge in [-0.3, -0.25) is 13.9 Å². The summed E-state index contributed by atoms with van der Waals surface area (Å²) in [7, 11) is -4.12. The maximum Gasteiger partial charge on any atom is 0.264 e. The number of nitrogens with zero attached hydrogens (tertiary/aromatic N) is 2. The molecule has 0 aliphatic heterocycles. The van der Waals surface area contributed by atoms with Crippen molar-refractivity contribution in [3.63, 3.8) is 0 Å². The maximum absolute atomic E-state index is 14.3. The average Bonchev–Trinajstić information content (AvgIpc) is 2.88. The SMILES string of the molecule is CCC(C(=O)NC(C)(C)C)N(Cc1ccccc1C)C(=O)CN(c1cc(C)ccc1C)S(=O)(=O)c1ccc(C)cc1. The Bertz CT molecular complexity index is 1490. The molecule has 220 valence electrons. The molecule has 0 heterocycles. The van der Waals surface area contributed by atoms with Crippen LogP contribution in [0.2, 0.25) is 0 Å². The maximum atomic E-state index is 14.3. The Hall–Kier alpha value is -3.65. The van der Waals surface area contributed by atoms with Gasteiger partial charge < -0.3 is 10.2 Å². The minimum absolute atomic E-state index is 0.0970. The van der Waals surface area contributed by atoms with Crippen molar-refractivity contribution in [2.24, 2.45) is 0 Å². The number of amides is 2. The minimum atomic E-state index is -4.12. The molecule has 7 nitrogen and oxygen atoms in total. The summed E-state index contributed by atoms with van der Waals surface area (Å²) >= 11 is 0. The number of rotatable bonds is 10. The van der Waals surface area contributed by atoms with Crippen molar-refractivity contribution in [2.45, 2.75) is 84.8 Å². The van der Waals surface area contributed by atoms with Gasteiger partial charge in [0.25, 0.3) is 10.0 Å². The third-order valence-corrected chi connectivity index (χ3v) is 8.78. The van der Waals surface area contributed by atoms with Crippen LogP contribution >= 0.6 is 0 Å². The van der Waals surface area contributed by atoms with Gasteiger partial charge in [-0.1, -0.05) is 61.0 Å². The number of sulfonamides is 1. The smallest absolute Gasteiger partial charge is 0.264 e. The van der Waals surface area contributed by atoms with Crippen LogP contribution in [0.25, 0.3) is 0 Å². The Morgan fingerprint density at radius 2 is 1.46 bits per heavy atom. The summed E-state index contributed by atoms with van der Waals surface area (Å²) < 4.78 is 29.4. The number of aryl methyl sites for hydroxylation is 4. The molecule has 0 aliphatic carbocycles. The number of carbonyl (C=O) groups excluding carboxylic acids is 2. The Morgan fingerprint density at radius 1 is 0.854 bits per heavy atom. The molecule has 1 N–H and O–H groups in total. The van der Waals surface area contributed by atoms with Gasteiger partial charge in [0.15, 0.2) is 0 Å². The third kappa shape index (κ3) is 7.97. The van der Waals surface area contributed by atoms with Crippen LogP contribution in [0.5, 0.6) is 0 Å². The Balaban J connectivity index is 2.13. The van der Waals surface area contributed by atoms with Crippen molar-refractivity contribution in [1.29, 1.82) is 0 Å². The first kappa shape index (κ1) is 31.9. The first-order valence-corrected chi connectivity index (χ1v) is 15.4. The van der Waals surface area contributed by atoms with E-state index in [4.69, 9.17) is 0 Å². The van der Waals surface area contributed by atoms with Crippen LogP contribution < -0.4 is 9.62 Å². The van der Waals surface area contributed by atoms with Gasteiger partial charge in [0.05, 0.1) is 10.6 Å². The zero-order chi connectivity index (χ0) is 30.5. The molecule has 0 saturated heterocycles. The highest BCUT2D eigenvalue weighted by Gasteiger charge is 2.35. The number of hydrogen-bond donors (Lipinski definition) is 1. The van der Waals surface area contributed by atoms with E-state index >= 15 is 0 Å². The second kappa shape index (κ2) is 12.9. The molecule has 0 fully saturated rings. The van der Waals surface area contributed by atoms with Gasteiger partial charge in [0, 0.05) is 12.1 Å². The standard InChI is InChI=1S/C33H43N3O4S/c1-9-29(32(38)34-33(6,7)8)35(21-27-13-11-10-12-25(27)4)31(37)22-36(30-20-24(3)14-17-26(30)5)41(39,40)28-18-15-23(2)16-19-28/h10-20,29H,9,21-22H2,1-8H3,(H,34,38). The van der Waals surface area contributed by atoms with E-state index in [9.17, 15) is 18.0 Å². The first-order chi connectivity index (χ1) is 19.1. The topological polar surface area (TPSA) is 86.8 Å². The van der Waals surface area contributed by atoms with Crippen LogP contribution in [0.3, 0.4) is 0 Å². The fourth-order valence-corrected chi connectivity index (χ4v) is 6.15. The molecule has 1 unspecified atom stereocenters. The molecule has 3 rings (SSSR count). The summed E-state index contributed by atoms with van der Waals surface area (Å²) in [6.07, 6.45) is 0.369. The highest BCUT2D eigenvalue weighted by Crippen LogP contribution is 2.29. The zero-order valence-corrected chi connectivity index (χ0v) is 26.3. The molecule has 0 saturated carbocycles. The molecule has 3 aromatic rings. The first-order valence-electron chi connectivity index (χ1n) is 14.0. The van der Waals surface area contributed by atoms with Gasteiger partial charge in [-0.2, -0.15) is 0 Å². The Labute approximate surface area is 245 Å². The van der Waals surface area contributed by atoms with Crippen LogP contribution in [0.4, 0.5) is 5.69 Å². The molecule has 0 aromatic heterocycles. The number of benzene rings is 3. The third-order valence-electron chi connectivity index (χ3n) is 7.01. The summed E-state index contributed by atoms with van der Waals surface area (Å²) in [5, 5.41) is 3.00. The number of nitrogens with one attached hydrogen (secondary N) is 1. The molecular formula is C33H43N3O4S. The van der Waals surface area contributed by atoms with E-state index < -0.39 is 34.1 Å². The van der Waals surface area contributed by atoms with Crippen molar-refractivity contribution in [3.8, 4) is 0 Å². The van der Waals surface area contributed by atoms with Gasteiger partial charge in [-0.15, -0.1) is 0 Å². The largest absolute Gasteiger partial charge is 0.350 e. The monoisotopic (exact) mass is 577 g/mol. The lowest BCUT2D eigenvalue weighted by molar-refractivity contribution is -0.141. The number of hydrogen-bond acceptors (Lipinski definition) is 4. The van der Waals surface area contributed by atoms with E-state index in [1.54, 1.807) is 30.3 Å². The summed E-state index contributed by atoms with van der Waals surface area (Å²) in [6, 6.07) is 19.1. The van der Waals surface area contributed by atoms with E-state index in [-0.39, 0.29) is 17.3 Å². The lowest BCUT2D eigenvalue weighted by Crippen LogP contribution is -2.55. The van der Waals surface area contributed by atoms with E-state index in [0.717, 1.165) is 27.8 Å². The highest BCUT2D eigenvalue weighted by atomic mass is 32.2. The number of carbonyl (C=O) groups is 2. The molecular weight excluding hydrogens is 534 g/mol. The molecule has 8 heteroatoms. The Morgan fingerprint density at radius 3 is 2.05 bits per heavy atom. The molecule has 0 radical (unpaired) electrons. The van der Waals surface area contributed by atoms with E-state index in [1.165, 1.54) is 9.21 Å². The van der Waals surface area contributed by atoms with E-state index in [0.29, 0.717) is 12.1 Å². The van der Waals surface area contributed by atoms with Crippen molar-refractivity contribution in [3.05, 3.63) is 94.5 Å². The van der Waals surface area contributed by atoms with Crippen LogP contribution in [0.1, 0.15) is 61.9 Å². The molecule has 2 amide bonds. The molecule has 3 aromatic carbocycles. The van der Waals surface area contributed by atoms with E-state index in [2.05, 4.69) is 5.32 Å². The van der Waals surface area contributed by atoms with Crippen molar-refractivity contribution < 1.29 is 18.0 Å². The van der Waals surface area contributed by atoms with Gasteiger partial charge in [0.2, 0.25) is 11.8 Å². The minimum Gasteiger partial charge on any atom is -0.350 e. The molecule has 41 heavy (non-hydrogen) atoms. The summed E-state index contributed by atoms with van der Waals surface area (Å²) in [4.78, 5) is 29.4. The summed E-state index contributed by atoms with van der Waals surface area (Å²) in [6.45, 7) is 14.8. The second-order valence-corrected chi connectivity index (χ2v) is 13.6. The molecule has 1 atom stereocenters. The molecule has 0 aliphatic rings. The van der Waals surface area contributed by atoms with Crippen molar-refractivity contribution in [2.75, 3.05) is 10.8 Å². The van der Waals surface area contributed by atoms with Crippen molar-refractivity contribution in [1.82, 2.24) is 10.2 Å². The van der Waals surface area contributed by atoms with Crippen molar-refractivity contribution >= 4 is 27.5 Å². The molecule has 0 bridgehead atoms. The lowest BCUT2D eigenvalue weighted by atomic mass is 10.0. The fraction of sp³-hybridized carbons (Fsp3) is 0.394. The van der Waals surface area contributed by atoms with Gasteiger partial charge >= 0.3 is 0 Å². The predicted octanol–water partition coefficient (Wildman–Crippen LogP) is 5.84. The van der Waals surface area contributed by atoms with Crippen LogP contribution in [-0.4, -0.2) is 43.3 Å².